The van der Waals surface area contributed by atoms with Crippen molar-refractivity contribution in [1.82, 2.24) is 10.9 Å². The predicted molar refractivity (Wildman–Crippen MR) is 44.8 cm³/mol. The molecule has 0 amide bonds. The third-order valence-electron chi connectivity index (χ3n) is 0.727. The SMILES string of the molecule is CC(C)(C)[N]NC(C)(C)C. The zero-order valence-corrected chi connectivity index (χ0v) is 7.95. The summed E-state index contributed by atoms with van der Waals surface area (Å²) in [5.41, 5.74) is 7.48. The van der Waals surface area contributed by atoms with E-state index >= 15 is 0 Å². The predicted octanol–water partition coefficient (Wildman–Crippen LogP) is 1.69. The smallest absolute Gasteiger partial charge is 0.0442 e. The Hall–Kier alpha value is -0.0800. The van der Waals surface area contributed by atoms with E-state index in [4.69, 9.17) is 0 Å². The molecule has 0 saturated carbocycles. The van der Waals surface area contributed by atoms with E-state index in [0.29, 0.717) is 0 Å². The average Bonchev–Trinajstić information content (AvgIpc) is 1.57. The fraction of sp³-hybridized carbons (Fsp3) is 1.00. The van der Waals surface area contributed by atoms with Crippen LogP contribution in [0.2, 0.25) is 0 Å². The van der Waals surface area contributed by atoms with E-state index in [0.717, 1.165) is 0 Å². The Morgan fingerprint density at radius 1 is 0.900 bits per heavy atom. The van der Waals surface area contributed by atoms with Crippen molar-refractivity contribution < 1.29 is 0 Å². The maximum Gasteiger partial charge on any atom is 0.0442 e. The van der Waals surface area contributed by atoms with E-state index in [2.05, 4.69) is 52.4 Å². The third kappa shape index (κ3) is 7.92. The molecular formula is C8H19N2. The summed E-state index contributed by atoms with van der Waals surface area (Å²) in [6, 6.07) is 0. The van der Waals surface area contributed by atoms with Crippen molar-refractivity contribution in [1.29, 1.82) is 0 Å². The molecule has 0 saturated heterocycles. The summed E-state index contributed by atoms with van der Waals surface area (Å²) < 4.78 is 0. The molecule has 0 heterocycles. The normalized spacial score (nSPS) is 13.8. The number of nitrogens with zero attached hydrogens (tertiary/aromatic N) is 1. The summed E-state index contributed by atoms with van der Waals surface area (Å²) in [6.07, 6.45) is 0. The Balaban J connectivity index is 3.56. The Morgan fingerprint density at radius 2 is 1.30 bits per heavy atom. The molecule has 0 fully saturated rings. The Kier molecular flexibility index (Phi) is 2.86. The number of hydrogen-bond acceptors (Lipinski definition) is 1. The summed E-state index contributed by atoms with van der Waals surface area (Å²) in [5, 5.41) is 0. The number of rotatable bonds is 1. The first-order valence-electron chi connectivity index (χ1n) is 3.70. The van der Waals surface area contributed by atoms with Crippen LogP contribution in [-0.2, 0) is 0 Å². The van der Waals surface area contributed by atoms with Gasteiger partial charge in [-0.3, -0.25) is 0 Å². The van der Waals surface area contributed by atoms with Crippen LogP contribution in [0.5, 0.6) is 0 Å². The van der Waals surface area contributed by atoms with E-state index in [1.54, 1.807) is 0 Å². The maximum atomic E-state index is 4.28. The van der Waals surface area contributed by atoms with Gasteiger partial charge in [0.2, 0.25) is 0 Å². The molecule has 2 heteroatoms. The summed E-state index contributed by atoms with van der Waals surface area (Å²) in [6.45, 7) is 12.5. The van der Waals surface area contributed by atoms with Crippen molar-refractivity contribution >= 4 is 0 Å². The van der Waals surface area contributed by atoms with Crippen LogP contribution in [0.15, 0.2) is 0 Å². The fourth-order valence-corrected chi connectivity index (χ4v) is 0.335. The molecule has 0 bridgehead atoms. The fourth-order valence-electron chi connectivity index (χ4n) is 0.335. The first-order chi connectivity index (χ1) is 4.21. The maximum absolute atomic E-state index is 4.28. The molecule has 0 atom stereocenters. The summed E-state index contributed by atoms with van der Waals surface area (Å²) in [4.78, 5) is 0. The molecule has 0 aromatic heterocycles. The van der Waals surface area contributed by atoms with Crippen molar-refractivity contribution in [2.75, 3.05) is 0 Å². The largest absolute Gasteiger partial charge is 0.234 e. The standard InChI is InChI=1S/C8H19N2/c1-7(2,3)9-10-8(4,5)6/h9H,1-6H3. The third-order valence-corrected chi connectivity index (χ3v) is 0.727. The van der Waals surface area contributed by atoms with Gasteiger partial charge in [-0.1, -0.05) is 0 Å². The van der Waals surface area contributed by atoms with Gasteiger partial charge in [-0.15, -0.1) is 0 Å². The highest BCUT2D eigenvalue weighted by Gasteiger charge is 2.15. The molecule has 0 unspecified atom stereocenters. The van der Waals surface area contributed by atoms with Crippen LogP contribution in [0.25, 0.3) is 0 Å². The van der Waals surface area contributed by atoms with Crippen LogP contribution in [-0.4, -0.2) is 11.1 Å². The Bertz CT molecular complexity index is 80.8. The molecule has 0 aliphatic heterocycles. The number of nitrogens with one attached hydrogen (secondary N) is 1. The van der Waals surface area contributed by atoms with Crippen LogP contribution in [0, 0.1) is 0 Å². The minimum atomic E-state index is 0.0211. The van der Waals surface area contributed by atoms with Crippen LogP contribution >= 0.6 is 0 Å². The van der Waals surface area contributed by atoms with E-state index in [-0.39, 0.29) is 11.1 Å². The van der Waals surface area contributed by atoms with E-state index in [1.165, 1.54) is 0 Å². The van der Waals surface area contributed by atoms with E-state index in [9.17, 15) is 0 Å². The topological polar surface area (TPSA) is 26.1 Å². The van der Waals surface area contributed by atoms with Gasteiger partial charge < -0.3 is 0 Å². The van der Waals surface area contributed by atoms with Gasteiger partial charge >= 0.3 is 0 Å². The Morgan fingerprint density at radius 3 is 1.40 bits per heavy atom. The number of hydrogen-bond donors (Lipinski definition) is 1. The van der Waals surface area contributed by atoms with Crippen LogP contribution in [0.3, 0.4) is 0 Å². The summed E-state index contributed by atoms with van der Waals surface area (Å²) in [7, 11) is 0. The second-order valence-corrected chi connectivity index (χ2v) is 4.64. The first-order valence-corrected chi connectivity index (χ1v) is 3.70. The van der Waals surface area contributed by atoms with Crippen molar-refractivity contribution in [2.45, 2.75) is 52.6 Å². The lowest BCUT2D eigenvalue weighted by molar-refractivity contribution is 0.266. The van der Waals surface area contributed by atoms with Gasteiger partial charge in [0.15, 0.2) is 0 Å². The highest BCUT2D eigenvalue weighted by Crippen LogP contribution is 2.02. The van der Waals surface area contributed by atoms with Gasteiger partial charge in [0.05, 0.1) is 0 Å². The molecule has 1 radical (unpaired) electrons. The average molecular weight is 143 g/mol. The molecule has 0 aromatic carbocycles. The van der Waals surface area contributed by atoms with Crippen molar-refractivity contribution in [3.8, 4) is 0 Å². The van der Waals surface area contributed by atoms with Crippen LogP contribution < -0.4 is 10.9 Å². The quantitative estimate of drug-likeness (QED) is 0.555. The highest BCUT2D eigenvalue weighted by atomic mass is 15.4. The molecule has 10 heavy (non-hydrogen) atoms. The summed E-state index contributed by atoms with van der Waals surface area (Å²) in [5.74, 6) is 0. The lowest BCUT2D eigenvalue weighted by atomic mass is 10.1. The minimum Gasteiger partial charge on any atom is -0.234 e. The highest BCUT2D eigenvalue weighted by molar-refractivity contribution is 4.73. The van der Waals surface area contributed by atoms with Crippen LogP contribution in [0.4, 0.5) is 0 Å². The molecule has 1 N–H and O–H groups in total. The second-order valence-electron chi connectivity index (χ2n) is 4.64. The van der Waals surface area contributed by atoms with E-state index < -0.39 is 0 Å². The van der Waals surface area contributed by atoms with Gasteiger partial charge in [-0.2, -0.15) is 5.43 Å². The molecule has 61 valence electrons. The van der Waals surface area contributed by atoms with Crippen molar-refractivity contribution in [3.63, 3.8) is 0 Å². The molecular weight excluding hydrogens is 124 g/mol. The lowest BCUT2D eigenvalue weighted by Crippen LogP contribution is -2.48. The van der Waals surface area contributed by atoms with Gasteiger partial charge in [0.25, 0.3) is 0 Å². The molecule has 0 rings (SSSR count). The van der Waals surface area contributed by atoms with Crippen LogP contribution in [0.1, 0.15) is 41.5 Å². The minimum absolute atomic E-state index is 0.0211. The molecule has 0 spiro atoms. The summed E-state index contributed by atoms with van der Waals surface area (Å²) >= 11 is 0. The second kappa shape index (κ2) is 2.89. The van der Waals surface area contributed by atoms with Crippen molar-refractivity contribution in [2.24, 2.45) is 0 Å². The zero-order valence-electron chi connectivity index (χ0n) is 7.95. The van der Waals surface area contributed by atoms with Crippen molar-refractivity contribution in [3.05, 3.63) is 0 Å². The Labute approximate surface area is 64.4 Å². The van der Waals surface area contributed by atoms with Gasteiger partial charge in [-0.25, -0.2) is 5.43 Å². The molecule has 0 aromatic rings. The van der Waals surface area contributed by atoms with Gasteiger partial charge in [0, 0.05) is 11.1 Å². The molecule has 0 aliphatic rings. The van der Waals surface area contributed by atoms with Gasteiger partial charge in [-0.05, 0) is 41.5 Å². The molecule has 2 nitrogen and oxygen atoms in total. The lowest BCUT2D eigenvalue weighted by Gasteiger charge is -2.26. The van der Waals surface area contributed by atoms with Gasteiger partial charge in [0.1, 0.15) is 0 Å². The molecule has 0 aliphatic carbocycles. The monoisotopic (exact) mass is 143 g/mol. The zero-order chi connectivity index (χ0) is 8.41. The first kappa shape index (κ1) is 9.92. The van der Waals surface area contributed by atoms with E-state index in [1.807, 2.05) is 0 Å².